The van der Waals surface area contributed by atoms with E-state index in [-0.39, 0.29) is 0 Å². The van der Waals surface area contributed by atoms with Crippen LogP contribution in [0.25, 0.3) is 0 Å². The van der Waals surface area contributed by atoms with Gasteiger partial charge in [-0.25, -0.2) is 0 Å². The van der Waals surface area contributed by atoms with Crippen molar-refractivity contribution in [2.75, 3.05) is 0 Å². The van der Waals surface area contributed by atoms with Crippen LogP contribution in [0, 0.1) is 11.8 Å². The van der Waals surface area contributed by atoms with Gasteiger partial charge in [-0.2, -0.15) is 0 Å². The summed E-state index contributed by atoms with van der Waals surface area (Å²) in [6.45, 7) is 2.17. The largest absolute Gasteiger partial charge is 0.380 e. The molecule has 1 unspecified atom stereocenters. The number of aryl methyl sites for hydroxylation is 1. The third-order valence-corrected chi connectivity index (χ3v) is 3.46. The Labute approximate surface area is 124 Å². The monoisotopic (exact) mass is 272 g/mol. The highest BCUT2D eigenvalue weighted by molar-refractivity contribution is 5.14. The van der Waals surface area contributed by atoms with Crippen LogP contribution in [0.2, 0.25) is 0 Å². The van der Waals surface area contributed by atoms with E-state index in [0.717, 1.165) is 32.1 Å². The zero-order chi connectivity index (χ0) is 14.5. The third kappa shape index (κ3) is 8.77. The lowest BCUT2D eigenvalue weighted by atomic mass is 10.1. The minimum Gasteiger partial charge on any atom is -0.380 e. The SMILES string of the molecule is CCCCCC(O)C#CCCCCCc1ccccc1. The molecule has 1 aromatic carbocycles. The smallest absolute Gasteiger partial charge is 0.114 e. The number of unbranched alkanes of at least 4 members (excludes halogenated alkanes) is 5. The van der Waals surface area contributed by atoms with Crippen molar-refractivity contribution in [2.24, 2.45) is 0 Å². The highest BCUT2D eigenvalue weighted by atomic mass is 16.3. The quantitative estimate of drug-likeness (QED) is 0.509. The van der Waals surface area contributed by atoms with Crippen molar-refractivity contribution in [3.05, 3.63) is 35.9 Å². The molecule has 0 saturated carbocycles. The predicted octanol–water partition coefficient (Wildman–Crippen LogP) is 4.73. The zero-order valence-corrected chi connectivity index (χ0v) is 12.8. The molecular weight excluding hydrogens is 244 g/mol. The average Bonchev–Trinajstić information content (AvgIpc) is 2.47. The van der Waals surface area contributed by atoms with E-state index >= 15 is 0 Å². The molecule has 0 radical (unpaired) electrons. The maximum Gasteiger partial charge on any atom is 0.114 e. The van der Waals surface area contributed by atoms with Gasteiger partial charge in [0.2, 0.25) is 0 Å². The van der Waals surface area contributed by atoms with E-state index in [9.17, 15) is 5.11 Å². The van der Waals surface area contributed by atoms with Crippen molar-refractivity contribution in [1.82, 2.24) is 0 Å². The zero-order valence-electron chi connectivity index (χ0n) is 12.8. The molecular formula is C19H28O. The van der Waals surface area contributed by atoms with E-state index in [0.29, 0.717) is 0 Å². The molecule has 1 N–H and O–H groups in total. The summed E-state index contributed by atoms with van der Waals surface area (Å²) in [5, 5.41) is 9.65. The molecule has 0 heterocycles. The fourth-order valence-electron chi connectivity index (χ4n) is 2.21. The first-order chi connectivity index (χ1) is 9.83. The first-order valence-electron chi connectivity index (χ1n) is 8.03. The summed E-state index contributed by atoms with van der Waals surface area (Å²) in [6.07, 6.45) is 9.55. The van der Waals surface area contributed by atoms with Crippen molar-refractivity contribution >= 4 is 0 Å². The molecule has 0 aliphatic rings. The lowest BCUT2D eigenvalue weighted by Crippen LogP contribution is -2.01. The second kappa shape index (κ2) is 11.6. The molecule has 0 amide bonds. The van der Waals surface area contributed by atoms with Crippen LogP contribution in [0.5, 0.6) is 0 Å². The molecule has 0 saturated heterocycles. The van der Waals surface area contributed by atoms with Gasteiger partial charge in [-0.1, -0.05) is 62.4 Å². The summed E-state index contributed by atoms with van der Waals surface area (Å²) in [5.41, 5.74) is 1.42. The lowest BCUT2D eigenvalue weighted by Gasteiger charge is -2.01. The molecule has 20 heavy (non-hydrogen) atoms. The Kier molecular flexibility index (Phi) is 9.70. The highest BCUT2D eigenvalue weighted by Crippen LogP contribution is 2.07. The van der Waals surface area contributed by atoms with Gasteiger partial charge in [0.15, 0.2) is 0 Å². The molecule has 1 aromatic rings. The summed E-state index contributed by atoms with van der Waals surface area (Å²) >= 11 is 0. The van der Waals surface area contributed by atoms with Crippen LogP contribution in [0.4, 0.5) is 0 Å². The van der Waals surface area contributed by atoms with Crippen LogP contribution in [0.1, 0.15) is 63.9 Å². The summed E-state index contributed by atoms with van der Waals surface area (Å²) in [4.78, 5) is 0. The molecule has 1 atom stereocenters. The Hall–Kier alpha value is -1.26. The van der Waals surface area contributed by atoms with Crippen LogP contribution in [0.3, 0.4) is 0 Å². The molecule has 1 nitrogen and oxygen atoms in total. The topological polar surface area (TPSA) is 20.2 Å². The maximum absolute atomic E-state index is 9.65. The first kappa shape index (κ1) is 16.8. The van der Waals surface area contributed by atoms with E-state index in [2.05, 4.69) is 49.1 Å². The van der Waals surface area contributed by atoms with Crippen molar-refractivity contribution in [3.8, 4) is 11.8 Å². The van der Waals surface area contributed by atoms with Crippen molar-refractivity contribution in [3.63, 3.8) is 0 Å². The summed E-state index contributed by atoms with van der Waals surface area (Å²) in [7, 11) is 0. The van der Waals surface area contributed by atoms with Crippen LogP contribution < -0.4 is 0 Å². The van der Waals surface area contributed by atoms with Gasteiger partial charge in [-0.15, -0.1) is 5.92 Å². The first-order valence-corrected chi connectivity index (χ1v) is 8.03. The molecule has 1 heteroatoms. The fraction of sp³-hybridized carbons (Fsp3) is 0.579. The van der Waals surface area contributed by atoms with Crippen molar-refractivity contribution < 1.29 is 5.11 Å². The number of aliphatic hydroxyl groups is 1. The Bertz CT molecular complexity index is 385. The number of rotatable bonds is 9. The average molecular weight is 272 g/mol. The van der Waals surface area contributed by atoms with Gasteiger partial charge in [-0.3, -0.25) is 0 Å². The second-order valence-corrected chi connectivity index (χ2v) is 5.38. The maximum atomic E-state index is 9.65. The van der Waals surface area contributed by atoms with Gasteiger partial charge in [-0.05, 0) is 37.7 Å². The van der Waals surface area contributed by atoms with Gasteiger partial charge < -0.3 is 5.11 Å². The molecule has 0 fully saturated rings. The van der Waals surface area contributed by atoms with Crippen molar-refractivity contribution in [1.29, 1.82) is 0 Å². The van der Waals surface area contributed by atoms with E-state index in [1.807, 2.05) is 0 Å². The van der Waals surface area contributed by atoms with Crippen LogP contribution in [0.15, 0.2) is 30.3 Å². The van der Waals surface area contributed by atoms with Gasteiger partial charge in [0.25, 0.3) is 0 Å². The van der Waals surface area contributed by atoms with Gasteiger partial charge >= 0.3 is 0 Å². The van der Waals surface area contributed by atoms with Gasteiger partial charge in [0.1, 0.15) is 6.10 Å². The minimum absolute atomic E-state index is 0.411. The number of hydrogen-bond donors (Lipinski definition) is 1. The van der Waals surface area contributed by atoms with Crippen molar-refractivity contribution in [2.45, 2.75) is 70.8 Å². The summed E-state index contributed by atoms with van der Waals surface area (Å²) in [6, 6.07) is 10.6. The molecule has 0 spiro atoms. The number of aliphatic hydroxyl groups excluding tert-OH is 1. The summed E-state index contributed by atoms with van der Waals surface area (Å²) in [5.74, 6) is 6.07. The Balaban J connectivity index is 1.99. The predicted molar refractivity (Wildman–Crippen MR) is 86.5 cm³/mol. The molecule has 0 aromatic heterocycles. The Morgan fingerprint density at radius 1 is 1.00 bits per heavy atom. The van der Waals surface area contributed by atoms with E-state index in [1.54, 1.807) is 0 Å². The van der Waals surface area contributed by atoms with Gasteiger partial charge in [0, 0.05) is 6.42 Å². The van der Waals surface area contributed by atoms with Gasteiger partial charge in [0.05, 0.1) is 0 Å². The Morgan fingerprint density at radius 3 is 2.55 bits per heavy atom. The van der Waals surface area contributed by atoms with E-state index < -0.39 is 6.10 Å². The van der Waals surface area contributed by atoms with Crippen LogP contribution in [-0.2, 0) is 6.42 Å². The summed E-state index contributed by atoms with van der Waals surface area (Å²) < 4.78 is 0. The number of hydrogen-bond acceptors (Lipinski definition) is 1. The second-order valence-electron chi connectivity index (χ2n) is 5.38. The van der Waals surface area contributed by atoms with Crippen LogP contribution in [-0.4, -0.2) is 11.2 Å². The Morgan fingerprint density at radius 2 is 1.80 bits per heavy atom. The minimum atomic E-state index is -0.411. The normalized spacial score (nSPS) is 11.7. The highest BCUT2D eigenvalue weighted by Gasteiger charge is 1.97. The molecule has 110 valence electrons. The fourth-order valence-corrected chi connectivity index (χ4v) is 2.21. The lowest BCUT2D eigenvalue weighted by molar-refractivity contribution is 0.217. The molecule has 0 aliphatic heterocycles. The third-order valence-electron chi connectivity index (χ3n) is 3.46. The van der Waals surface area contributed by atoms with Crippen LogP contribution >= 0.6 is 0 Å². The molecule has 0 bridgehead atoms. The molecule has 0 aliphatic carbocycles. The standard InChI is InChI=1S/C19H28O/c1-2-3-8-16-19(20)17-12-6-4-5-9-13-18-14-10-7-11-15-18/h7,10-11,14-15,19-20H,2-6,8-9,13,16H2,1H3. The van der Waals surface area contributed by atoms with E-state index in [4.69, 9.17) is 0 Å². The van der Waals surface area contributed by atoms with E-state index in [1.165, 1.54) is 31.2 Å². The number of benzene rings is 1. The molecule has 1 rings (SSSR count).